The Balaban J connectivity index is 1.64. The molecule has 0 saturated heterocycles. The normalized spacial score (nSPS) is 15.5. The van der Waals surface area contributed by atoms with Crippen LogP contribution in [-0.2, 0) is 26.0 Å². The smallest absolute Gasteiger partial charge is 0.243 e. The molecule has 0 radical (unpaired) electrons. The highest BCUT2D eigenvalue weighted by Gasteiger charge is 2.36. The van der Waals surface area contributed by atoms with Crippen LogP contribution in [0.3, 0.4) is 0 Å². The number of rotatable bonds is 9. The van der Waals surface area contributed by atoms with Gasteiger partial charge in [0.1, 0.15) is 0 Å². The second-order valence-electron chi connectivity index (χ2n) is 10.1. The van der Waals surface area contributed by atoms with E-state index in [1.165, 1.54) is 28.2 Å². The summed E-state index contributed by atoms with van der Waals surface area (Å²) in [6, 6.07) is 16.0. The van der Waals surface area contributed by atoms with Gasteiger partial charge in [-0.3, -0.25) is 9.59 Å². The molecule has 3 aromatic rings. The van der Waals surface area contributed by atoms with Crippen molar-refractivity contribution in [3.05, 3.63) is 81.5 Å². The maximum Gasteiger partial charge on any atom is 0.243 e. The van der Waals surface area contributed by atoms with E-state index in [-0.39, 0.29) is 41.8 Å². The van der Waals surface area contributed by atoms with Gasteiger partial charge in [-0.2, -0.15) is 4.31 Å². The van der Waals surface area contributed by atoms with E-state index in [9.17, 15) is 18.0 Å². The van der Waals surface area contributed by atoms with Gasteiger partial charge >= 0.3 is 0 Å². The molecule has 1 unspecified atom stereocenters. The molecule has 1 aromatic heterocycles. The molecule has 202 valence electrons. The Morgan fingerprint density at radius 2 is 1.79 bits per heavy atom. The van der Waals surface area contributed by atoms with Crippen molar-refractivity contribution >= 4 is 38.9 Å². The summed E-state index contributed by atoms with van der Waals surface area (Å²) in [6.45, 7) is 8.05. The number of nitrogens with one attached hydrogen (secondary N) is 1. The molecule has 0 saturated carbocycles. The molecule has 2 amide bonds. The summed E-state index contributed by atoms with van der Waals surface area (Å²) < 4.78 is 28.8. The number of anilines is 1. The fourth-order valence-corrected chi connectivity index (χ4v) is 7.11. The molecule has 38 heavy (non-hydrogen) atoms. The van der Waals surface area contributed by atoms with Gasteiger partial charge in [0, 0.05) is 30.6 Å². The van der Waals surface area contributed by atoms with E-state index < -0.39 is 10.0 Å². The molecule has 9 heteroatoms. The standard InChI is InChI=1S/C29H35N3O4S2/c1-20(2)13-16-31(38(35,36)24-11-9-23(10-12-24)30-22(4)33)19-28(34)32-17-14-27-26(15-18-37-27)29(32)25-8-6-5-7-21(25)3/h5-12,15,18,20,29H,13-14,16-17,19H2,1-4H3,(H,30,33). The van der Waals surface area contributed by atoms with Crippen LogP contribution in [-0.4, -0.2) is 49.1 Å². The molecular formula is C29H35N3O4S2. The van der Waals surface area contributed by atoms with Gasteiger partial charge < -0.3 is 10.2 Å². The van der Waals surface area contributed by atoms with Crippen LogP contribution < -0.4 is 5.32 Å². The minimum atomic E-state index is -3.94. The largest absolute Gasteiger partial charge is 0.330 e. The predicted molar refractivity (Wildman–Crippen MR) is 152 cm³/mol. The lowest BCUT2D eigenvalue weighted by Crippen LogP contribution is -2.47. The summed E-state index contributed by atoms with van der Waals surface area (Å²) in [7, 11) is -3.94. The van der Waals surface area contributed by atoms with Crippen molar-refractivity contribution in [2.24, 2.45) is 5.92 Å². The van der Waals surface area contributed by atoms with Crippen LogP contribution in [0.15, 0.2) is 64.9 Å². The van der Waals surface area contributed by atoms with E-state index >= 15 is 0 Å². The van der Waals surface area contributed by atoms with Crippen LogP contribution in [0.4, 0.5) is 5.69 Å². The van der Waals surface area contributed by atoms with E-state index in [1.807, 2.05) is 43.9 Å². The highest BCUT2D eigenvalue weighted by atomic mass is 32.2. The summed E-state index contributed by atoms with van der Waals surface area (Å²) >= 11 is 1.70. The second-order valence-corrected chi connectivity index (χ2v) is 13.1. The third-order valence-electron chi connectivity index (χ3n) is 6.85. The maximum absolute atomic E-state index is 13.9. The quantitative estimate of drug-likeness (QED) is 0.393. The number of carbonyl (C=O) groups excluding carboxylic acids is 2. The molecule has 2 heterocycles. The van der Waals surface area contributed by atoms with Gasteiger partial charge in [-0.15, -0.1) is 11.3 Å². The molecule has 1 atom stereocenters. The topological polar surface area (TPSA) is 86.8 Å². The average Bonchev–Trinajstić information content (AvgIpc) is 3.35. The van der Waals surface area contributed by atoms with Crippen LogP contribution in [0, 0.1) is 12.8 Å². The Labute approximate surface area is 229 Å². The number of nitrogens with zero attached hydrogens (tertiary/aromatic N) is 2. The van der Waals surface area contributed by atoms with Gasteiger partial charge in [-0.1, -0.05) is 38.1 Å². The molecule has 0 spiro atoms. The molecule has 7 nitrogen and oxygen atoms in total. The van der Waals surface area contributed by atoms with Gasteiger partial charge in [0.15, 0.2) is 0 Å². The Bertz CT molecular complexity index is 1400. The number of hydrogen-bond acceptors (Lipinski definition) is 5. The van der Waals surface area contributed by atoms with Gasteiger partial charge in [0.05, 0.1) is 17.5 Å². The number of aryl methyl sites for hydroxylation is 1. The summed E-state index contributed by atoms with van der Waals surface area (Å²) in [4.78, 5) is 28.5. The van der Waals surface area contributed by atoms with Crippen molar-refractivity contribution in [3.8, 4) is 0 Å². The Kier molecular flexibility index (Phi) is 8.70. The third kappa shape index (κ3) is 6.17. The van der Waals surface area contributed by atoms with Crippen LogP contribution in [0.2, 0.25) is 0 Å². The number of hydrogen-bond donors (Lipinski definition) is 1. The lowest BCUT2D eigenvalue weighted by atomic mass is 9.90. The Morgan fingerprint density at radius 3 is 2.45 bits per heavy atom. The molecule has 0 bridgehead atoms. The average molecular weight is 554 g/mol. The van der Waals surface area contributed by atoms with Crippen LogP contribution in [0.5, 0.6) is 0 Å². The van der Waals surface area contributed by atoms with E-state index in [1.54, 1.807) is 23.5 Å². The van der Waals surface area contributed by atoms with Gasteiger partial charge in [-0.05, 0) is 78.1 Å². The van der Waals surface area contributed by atoms with Gasteiger partial charge in [-0.25, -0.2) is 8.42 Å². The SMILES string of the molecule is CC(=O)Nc1ccc(S(=O)(=O)N(CCC(C)C)CC(=O)N2CCc3sccc3C2c2ccccc2C)cc1. The highest BCUT2D eigenvalue weighted by Crippen LogP contribution is 2.39. The zero-order chi connectivity index (χ0) is 27.4. The van der Waals surface area contributed by atoms with Crippen LogP contribution in [0.25, 0.3) is 0 Å². The number of carbonyl (C=O) groups is 2. The van der Waals surface area contributed by atoms with Crippen molar-refractivity contribution in [1.29, 1.82) is 0 Å². The molecule has 4 rings (SSSR count). The summed E-state index contributed by atoms with van der Waals surface area (Å²) in [5.41, 5.74) is 3.79. The van der Waals surface area contributed by atoms with E-state index in [2.05, 4.69) is 22.8 Å². The summed E-state index contributed by atoms with van der Waals surface area (Å²) in [5.74, 6) is -0.173. The molecule has 1 aliphatic rings. The number of sulfonamides is 1. The van der Waals surface area contributed by atoms with Gasteiger partial charge in [0.25, 0.3) is 0 Å². The zero-order valence-corrected chi connectivity index (χ0v) is 23.9. The van der Waals surface area contributed by atoms with Crippen molar-refractivity contribution in [2.45, 2.75) is 51.5 Å². The second kappa shape index (κ2) is 11.8. The highest BCUT2D eigenvalue weighted by molar-refractivity contribution is 7.89. The molecule has 2 aromatic carbocycles. The van der Waals surface area contributed by atoms with Crippen molar-refractivity contribution in [1.82, 2.24) is 9.21 Å². The molecule has 1 aliphatic heterocycles. The number of fused-ring (bicyclic) bond motifs is 1. The summed E-state index contributed by atoms with van der Waals surface area (Å²) in [5, 5.41) is 4.71. The first kappa shape index (κ1) is 28.0. The van der Waals surface area contributed by atoms with E-state index in [0.717, 1.165) is 23.1 Å². The minimum Gasteiger partial charge on any atom is -0.330 e. The number of amides is 2. The molecule has 0 aliphatic carbocycles. The van der Waals surface area contributed by atoms with E-state index in [0.29, 0.717) is 18.7 Å². The predicted octanol–water partition coefficient (Wildman–Crippen LogP) is 5.23. The van der Waals surface area contributed by atoms with E-state index in [4.69, 9.17) is 0 Å². The summed E-state index contributed by atoms with van der Waals surface area (Å²) in [6.07, 6.45) is 1.39. The Morgan fingerprint density at radius 1 is 1.08 bits per heavy atom. The van der Waals surface area contributed by atoms with Crippen LogP contribution in [0.1, 0.15) is 54.8 Å². The van der Waals surface area contributed by atoms with Crippen LogP contribution >= 0.6 is 11.3 Å². The lowest BCUT2D eigenvalue weighted by Gasteiger charge is -2.38. The lowest BCUT2D eigenvalue weighted by molar-refractivity contribution is -0.133. The zero-order valence-electron chi connectivity index (χ0n) is 22.3. The maximum atomic E-state index is 13.9. The van der Waals surface area contributed by atoms with Gasteiger partial charge in [0.2, 0.25) is 21.8 Å². The fraction of sp³-hybridized carbons (Fsp3) is 0.379. The van der Waals surface area contributed by atoms with Crippen molar-refractivity contribution in [3.63, 3.8) is 0 Å². The first-order valence-corrected chi connectivity index (χ1v) is 15.2. The fourth-order valence-electron chi connectivity index (χ4n) is 4.80. The molecule has 1 N–H and O–H groups in total. The monoisotopic (exact) mass is 553 g/mol. The Hall–Kier alpha value is -3.01. The first-order valence-electron chi connectivity index (χ1n) is 12.9. The van der Waals surface area contributed by atoms with Crippen molar-refractivity contribution < 1.29 is 18.0 Å². The first-order chi connectivity index (χ1) is 18.1. The number of benzene rings is 2. The number of thiophene rings is 1. The minimum absolute atomic E-state index is 0.0948. The van der Waals surface area contributed by atoms with Crippen molar-refractivity contribution in [2.75, 3.05) is 25.0 Å². The third-order valence-corrected chi connectivity index (χ3v) is 9.71. The molecular weight excluding hydrogens is 518 g/mol. The molecule has 0 fully saturated rings.